The summed E-state index contributed by atoms with van der Waals surface area (Å²) in [7, 11) is 0. The number of carbonyl (C=O) groups excluding carboxylic acids is 1. The van der Waals surface area contributed by atoms with E-state index < -0.39 is 0 Å². The smallest absolute Gasteiger partial charge is 0.251 e. The van der Waals surface area contributed by atoms with Gasteiger partial charge >= 0.3 is 0 Å². The molecule has 1 aromatic carbocycles. The summed E-state index contributed by atoms with van der Waals surface area (Å²) in [6.07, 6.45) is 8.26. The Hall–Kier alpha value is -2.47. The Morgan fingerprint density at radius 3 is 2.67 bits per heavy atom. The van der Waals surface area contributed by atoms with Crippen molar-refractivity contribution in [1.29, 1.82) is 0 Å². The number of nitrogens with zero attached hydrogens (tertiary/aromatic N) is 3. The predicted octanol–water partition coefficient (Wildman–Crippen LogP) is 2.72. The number of hydrogen-bond donors (Lipinski definition) is 2. The van der Waals surface area contributed by atoms with Crippen molar-refractivity contribution in [1.82, 2.24) is 20.2 Å². The van der Waals surface area contributed by atoms with E-state index in [1.165, 1.54) is 38.6 Å². The van der Waals surface area contributed by atoms with Crippen molar-refractivity contribution in [2.75, 3.05) is 25.4 Å². The van der Waals surface area contributed by atoms with Crippen LogP contribution in [0.3, 0.4) is 0 Å². The van der Waals surface area contributed by atoms with Gasteiger partial charge in [-0.15, -0.1) is 0 Å². The molecular weight excluding hydrogens is 338 g/mol. The normalized spacial score (nSPS) is 20.8. The third-order valence-electron chi connectivity index (χ3n) is 5.79. The average molecular weight is 365 g/mol. The number of aromatic nitrogens is 2. The molecule has 1 unspecified atom stereocenters. The molecule has 6 nitrogen and oxygen atoms in total. The van der Waals surface area contributed by atoms with Gasteiger partial charge < -0.3 is 16.0 Å². The van der Waals surface area contributed by atoms with Crippen molar-refractivity contribution in [3.8, 4) is 11.4 Å². The highest BCUT2D eigenvalue weighted by Gasteiger charge is 2.29. The van der Waals surface area contributed by atoms with Crippen LogP contribution >= 0.6 is 0 Å². The number of hydrogen-bond acceptors (Lipinski definition) is 5. The van der Waals surface area contributed by atoms with Crippen LogP contribution in [0.25, 0.3) is 11.4 Å². The molecule has 1 aliphatic heterocycles. The van der Waals surface area contributed by atoms with Crippen LogP contribution in [0.5, 0.6) is 0 Å². The fourth-order valence-corrected chi connectivity index (χ4v) is 4.25. The van der Waals surface area contributed by atoms with E-state index in [9.17, 15) is 4.79 Å². The summed E-state index contributed by atoms with van der Waals surface area (Å²) in [5.74, 6) is 1.55. The minimum Gasteiger partial charge on any atom is -0.384 e. The van der Waals surface area contributed by atoms with Crippen LogP contribution < -0.4 is 11.1 Å². The van der Waals surface area contributed by atoms with Crippen LogP contribution in [0.15, 0.2) is 36.5 Å². The van der Waals surface area contributed by atoms with Crippen LogP contribution in [0.2, 0.25) is 0 Å². The molecule has 1 saturated carbocycles. The number of carbonyl (C=O) groups is 1. The Balaban J connectivity index is 1.30. The second-order valence-corrected chi connectivity index (χ2v) is 7.68. The number of anilines is 1. The first-order chi connectivity index (χ1) is 13.2. The highest BCUT2D eigenvalue weighted by atomic mass is 16.1. The van der Waals surface area contributed by atoms with E-state index in [2.05, 4.69) is 20.2 Å². The maximum Gasteiger partial charge on any atom is 0.251 e. The summed E-state index contributed by atoms with van der Waals surface area (Å²) < 4.78 is 0. The minimum absolute atomic E-state index is 0.0191. The molecule has 1 saturated heterocycles. The van der Waals surface area contributed by atoms with Crippen LogP contribution in [-0.4, -0.2) is 46.5 Å². The molecule has 6 heteroatoms. The summed E-state index contributed by atoms with van der Waals surface area (Å²) in [6.45, 7) is 3.05. The molecule has 1 atom stereocenters. The molecular formula is C21H27N5O. The average Bonchev–Trinajstić information content (AvgIpc) is 3.38. The summed E-state index contributed by atoms with van der Waals surface area (Å²) in [6, 6.07) is 9.80. The zero-order chi connectivity index (χ0) is 18.6. The zero-order valence-electron chi connectivity index (χ0n) is 15.6. The fourth-order valence-electron chi connectivity index (χ4n) is 4.25. The zero-order valence-corrected chi connectivity index (χ0v) is 15.6. The van der Waals surface area contributed by atoms with Gasteiger partial charge in [0.25, 0.3) is 5.91 Å². The number of nitrogens with two attached hydrogens (primary N) is 1. The Morgan fingerprint density at radius 1 is 1.15 bits per heavy atom. The summed E-state index contributed by atoms with van der Waals surface area (Å²) in [5, 5.41) is 3.10. The van der Waals surface area contributed by atoms with Crippen molar-refractivity contribution in [3.63, 3.8) is 0 Å². The fraction of sp³-hybridized carbons (Fsp3) is 0.476. The Bertz CT molecular complexity index is 785. The maximum absolute atomic E-state index is 12.5. The van der Waals surface area contributed by atoms with Gasteiger partial charge in [-0.1, -0.05) is 25.0 Å². The molecule has 3 N–H and O–H groups in total. The summed E-state index contributed by atoms with van der Waals surface area (Å²) >= 11 is 0. The first-order valence-electron chi connectivity index (χ1n) is 9.90. The Morgan fingerprint density at radius 2 is 1.93 bits per heavy atom. The number of nitrogens with one attached hydrogen (secondary N) is 1. The van der Waals surface area contributed by atoms with E-state index in [1.807, 2.05) is 24.3 Å². The van der Waals surface area contributed by atoms with Crippen LogP contribution in [0, 0.1) is 5.92 Å². The number of amides is 1. The monoisotopic (exact) mass is 365 g/mol. The molecule has 0 spiro atoms. The van der Waals surface area contributed by atoms with Crippen molar-refractivity contribution in [2.24, 2.45) is 5.92 Å². The molecule has 1 aliphatic carbocycles. The maximum atomic E-state index is 12.5. The second-order valence-electron chi connectivity index (χ2n) is 7.68. The highest BCUT2D eigenvalue weighted by Crippen LogP contribution is 2.28. The van der Waals surface area contributed by atoms with Gasteiger partial charge in [0.15, 0.2) is 5.82 Å². The SMILES string of the molecule is Nc1ccnc(-c2ccc(C(=O)NCC3CCN(C4CCCC4)C3)cc2)n1. The second kappa shape index (κ2) is 8.05. The van der Waals surface area contributed by atoms with Gasteiger partial charge in [0.05, 0.1) is 0 Å². The highest BCUT2D eigenvalue weighted by molar-refractivity contribution is 5.94. The molecule has 2 aromatic rings. The van der Waals surface area contributed by atoms with E-state index in [-0.39, 0.29) is 5.91 Å². The van der Waals surface area contributed by atoms with Crippen molar-refractivity contribution >= 4 is 11.7 Å². The van der Waals surface area contributed by atoms with Gasteiger partial charge in [0.2, 0.25) is 0 Å². The van der Waals surface area contributed by atoms with Crippen molar-refractivity contribution in [2.45, 2.75) is 38.1 Å². The third-order valence-corrected chi connectivity index (χ3v) is 5.79. The summed E-state index contributed by atoms with van der Waals surface area (Å²) in [4.78, 5) is 23.5. The first kappa shape index (κ1) is 17.9. The molecule has 1 aromatic heterocycles. The van der Waals surface area contributed by atoms with E-state index >= 15 is 0 Å². The van der Waals surface area contributed by atoms with E-state index in [1.54, 1.807) is 12.3 Å². The van der Waals surface area contributed by atoms with E-state index in [0.29, 0.717) is 23.1 Å². The lowest BCUT2D eigenvalue weighted by Crippen LogP contribution is -2.34. The number of likely N-dealkylation sites (tertiary alicyclic amines) is 1. The molecule has 1 amide bonds. The lowest BCUT2D eigenvalue weighted by Gasteiger charge is -2.23. The van der Waals surface area contributed by atoms with Gasteiger partial charge in [-0.2, -0.15) is 0 Å². The molecule has 2 aliphatic rings. The van der Waals surface area contributed by atoms with Crippen LogP contribution in [0.1, 0.15) is 42.5 Å². The molecule has 4 rings (SSSR count). The molecule has 2 fully saturated rings. The topological polar surface area (TPSA) is 84.1 Å². The van der Waals surface area contributed by atoms with Gasteiger partial charge in [-0.3, -0.25) is 4.79 Å². The van der Waals surface area contributed by atoms with E-state index in [4.69, 9.17) is 5.73 Å². The number of nitrogen functional groups attached to an aromatic ring is 1. The predicted molar refractivity (Wildman–Crippen MR) is 106 cm³/mol. The molecule has 27 heavy (non-hydrogen) atoms. The lowest BCUT2D eigenvalue weighted by atomic mass is 10.1. The number of rotatable bonds is 5. The van der Waals surface area contributed by atoms with Crippen molar-refractivity contribution < 1.29 is 4.79 Å². The van der Waals surface area contributed by atoms with Crippen LogP contribution in [0.4, 0.5) is 5.82 Å². The molecule has 0 bridgehead atoms. The quantitative estimate of drug-likeness (QED) is 0.851. The molecule has 0 radical (unpaired) electrons. The van der Waals surface area contributed by atoms with Gasteiger partial charge in [-0.25, -0.2) is 9.97 Å². The molecule has 2 heterocycles. The number of benzene rings is 1. The Labute approximate surface area is 160 Å². The van der Waals surface area contributed by atoms with E-state index in [0.717, 1.165) is 24.7 Å². The van der Waals surface area contributed by atoms with Crippen molar-refractivity contribution in [3.05, 3.63) is 42.1 Å². The lowest BCUT2D eigenvalue weighted by molar-refractivity contribution is 0.0947. The Kier molecular flexibility index (Phi) is 5.34. The third kappa shape index (κ3) is 4.27. The minimum atomic E-state index is -0.0191. The van der Waals surface area contributed by atoms with Gasteiger partial charge in [0.1, 0.15) is 5.82 Å². The first-order valence-corrected chi connectivity index (χ1v) is 9.90. The van der Waals surface area contributed by atoms with Crippen LogP contribution in [-0.2, 0) is 0 Å². The van der Waals surface area contributed by atoms with Gasteiger partial charge in [0, 0.05) is 36.5 Å². The summed E-state index contributed by atoms with van der Waals surface area (Å²) in [5.41, 5.74) is 7.21. The standard InChI is InChI=1S/C21H27N5O/c22-19-9-11-23-20(25-19)16-5-7-17(8-6-16)21(27)24-13-15-10-12-26(14-15)18-3-1-2-4-18/h5-9,11,15,18H,1-4,10,12-14H2,(H,24,27)(H2,22,23,25). The molecule has 142 valence electrons. The largest absolute Gasteiger partial charge is 0.384 e. The van der Waals surface area contributed by atoms with Gasteiger partial charge in [-0.05, 0) is 49.9 Å².